The molecule has 0 unspecified atom stereocenters. The van der Waals surface area contributed by atoms with Crippen molar-refractivity contribution < 1.29 is 14.7 Å². The van der Waals surface area contributed by atoms with E-state index >= 15 is 0 Å². The van der Waals surface area contributed by atoms with Gasteiger partial charge in [-0.2, -0.15) is 0 Å². The first-order chi connectivity index (χ1) is 9.47. The molecule has 7 heteroatoms. The van der Waals surface area contributed by atoms with Gasteiger partial charge in [-0.15, -0.1) is 0 Å². The fraction of sp³-hybridized carbons (Fsp3) is 0.385. The van der Waals surface area contributed by atoms with Gasteiger partial charge >= 0.3 is 12.0 Å². The van der Waals surface area contributed by atoms with Crippen LogP contribution in [0, 0.1) is 5.92 Å². The number of carboxylic acid groups (broad SMARTS) is 1. The Balaban J connectivity index is 2.04. The Morgan fingerprint density at radius 3 is 2.90 bits per heavy atom. The zero-order chi connectivity index (χ0) is 14.7. The molecular weight excluding hydrogens is 348 g/mol. The number of piperidine rings is 1. The predicted octanol–water partition coefficient (Wildman–Crippen LogP) is 3.43. The molecule has 2 N–H and O–H groups in total. The number of nitrogens with one attached hydrogen (secondary N) is 1. The van der Waals surface area contributed by atoms with E-state index in [9.17, 15) is 9.59 Å². The van der Waals surface area contributed by atoms with E-state index in [4.69, 9.17) is 16.7 Å². The number of amides is 2. The highest BCUT2D eigenvalue weighted by Gasteiger charge is 2.28. The van der Waals surface area contributed by atoms with E-state index in [2.05, 4.69) is 21.2 Å². The van der Waals surface area contributed by atoms with E-state index in [1.165, 1.54) is 4.90 Å². The summed E-state index contributed by atoms with van der Waals surface area (Å²) >= 11 is 9.32. The number of urea groups is 1. The third-order valence-corrected chi connectivity index (χ3v) is 4.05. The molecule has 0 aliphatic carbocycles. The van der Waals surface area contributed by atoms with Crippen LogP contribution in [0.15, 0.2) is 22.7 Å². The molecule has 5 nitrogen and oxygen atoms in total. The van der Waals surface area contributed by atoms with Crippen molar-refractivity contribution in [3.63, 3.8) is 0 Å². The van der Waals surface area contributed by atoms with Crippen molar-refractivity contribution in [3.05, 3.63) is 27.7 Å². The molecule has 2 amide bonds. The molecule has 0 aromatic heterocycles. The maximum atomic E-state index is 12.1. The molecule has 0 radical (unpaired) electrons. The normalized spacial score (nSPS) is 18.7. The lowest BCUT2D eigenvalue weighted by atomic mass is 9.99. The Morgan fingerprint density at radius 2 is 2.20 bits per heavy atom. The summed E-state index contributed by atoms with van der Waals surface area (Å²) in [4.78, 5) is 24.7. The van der Waals surface area contributed by atoms with E-state index in [-0.39, 0.29) is 12.6 Å². The summed E-state index contributed by atoms with van der Waals surface area (Å²) in [6, 6.07) is 4.84. The smallest absolute Gasteiger partial charge is 0.321 e. The number of benzene rings is 1. The summed E-state index contributed by atoms with van der Waals surface area (Å²) in [5, 5.41) is 12.2. The molecule has 2 rings (SSSR count). The van der Waals surface area contributed by atoms with Crippen molar-refractivity contribution in [2.75, 3.05) is 18.4 Å². The minimum atomic E-state index is -0.858. The Bertz CT molecular complexity index is 538. The third-order valence-electron chi connectivity index (χ3n) is 3.23. The van der Waals surface area contributed by atoms with Gasteiger partial charge in [-0.3, -0.25) is 4.79 Å². The van der Waals surface area contributed by atoms with Crippen LogP contribution < -0.4 is 5.32 Å². The molecular formula is C13H14BrClN2O3. The zero-order valence-corrected chi connectivity index (χ0v) is 12.9. The van der Waals surface area contributed by atoms with Gasteiger partial charge < -0.3 is 15.3 Å². The molecule has 1 aliphatic heterocycles. The Morgan fingerprint density at radius 1 is 1.45 bits per heavy atom. The first-order valence-electron chi connectivity index (χ1n) is 6.21. The zero-order valence-electron chi connectivity index (χ0n) is 10.6. The first-order valence-corrected chi connectivity index (χ1v) is 7.38. The van der Waals surface area contributed by atoms with Crippen molar-refractivity contribution in [3.8, 4) is 0 Å². The second kappa shape index (κ2) is 6.45. The van der Waals surface area contributed by atoms with E-state index in [1.54, 1.807) is 18.2 Å². The van der Waals surface area contributed by atoms with Gasteiger partial charge in [0.15, 0.2) is 0 Å². The third kappa shape index (κ3) is 3.64. The predicted molar refractivity (Wildman–Crippen MR) is 80.1 cm³/mol. The lowest BCUT2D eigenvalue weighted by Gasteiger charge is -2.30. The van der Waals surface area contributed by atoms with Crippen molar-refractivity contribution in [1.82, 2.24) is 4.90 Å². The van der Waals surface area contributed by atoms with Crippen LogP contribution in [-0.2, 0) is 4.79 Å². The Hall–Kier alpha value is -1.27. The van der Waals surface area contributed by atoms with Crippen LogP contribution in [0.1, 0.15) is 12.8 Å². The van der Waals surface area contributed by atoms with Crippen LogP contribution in [0.3, 0.4) is 0 Å². The van der Waals surface area contributed by atoms with E-state index in [1.807, 2.05) is 0 Å². The second-order valence-electron chi connectivity index (χ2n) is 4.68. The summed E-state index contributed by atoms with van der Waals surface area (Å²) < 4.78 is 0.805. The minimum absolute atomic E-state index is 0.229. The number of carbonyl (C=O) groups excluding carboxylic acids is 1. The van der Waals surface area contributed by atoms with Crippen LogP contribution in [0.5, 0.6) is 0 Å². The SMILES string of the molecule is O=C(O)[C@H]1CCCN(C(=O)Nc2cc(Br)ccc2Cl)C1. The molecule has 108 valence electrons. The van der Waals surface area contributed by atoms with Gasteiger partial charge in [0.25, 0.3) is 0 Å². The van der Waals surface area contributed by atoms with Crippen molar-refractivity contribution >= 4 is 45.2 Å². The molecule has 1 aliphatic rings. The van der Waals surface area contributed by atoms with Gasteiger partial charge in [-0.1, -0.05) is 27.5 Å². The van der Waals surface area contributed by atoms with Crippen LogP contribution in [-0.4, -0.2) is 35.1 Å². The standard InChI is InChI=1S/C13H14BrClN2O3/c14-9-3-4-10(15)11(6-9)16-13(20)17-5-1-2-8(7-17)12(18)19/h3-4,6,8H,1-2,5,7H2,(H,16,20)(H,18,19)/t8-/m0/s1. The number of aliphatic carboxylic acids is 1. The van der Waals surface area contributed by atoms with Gasteiger partial charge in [0.1, 0.15) is 0 Å². The second-order valence-corrected chi connectivity index (χ2v) is 6.00. The summed E-state index contributed by atoms with van der Waals surface area (Å²) in [7, 11) is 0. The number of likely N-dealkylation sites (tertiary alicyclic amines) is 1. The van der Waals surface area contributed by atoms with Gasteiger partial charge in [0.2, 0.25) is 0 Å². The number of hydrogen-bond acceptors (Lipinski definition) is 2. The summed E-state index contributed by atoms with van der Waals surface area (Å²) in [6.45, 7) is 0.786. The van der Waals surface area contributed by atoms with Gasteiger partial charge in [-0.05, 0) is 31.0 Å². The van der Waals surface area contributed by atoms with Gasteiger partial charge in [0.05, 0.1) is 16.6 Å². The molecule has 1 heterocycles. The molecule has 1 fully saturated rings. The van der Waals surface area contributed by atoms with Crippen molar-refractivity contribution in [2.24, 2.45) is 5.92 Å². The number of rotatable bonds is 2. The average molecular weight is 362 g/mol. The van der Waals surface area contributed by atoms with Crippen LogP contribution >= 0.6 is 27.5 Å². The quantitative estimate of drug-likeness (QED) is 0.848. The topological polar surface area (TPSA) is 69.6 Å². The number of hydrogen-bond donors (Lipinski definition) is 2. The summed E-state index contributed by atoms with van der Waals surface area (Å²) in [5.74, 6) is -1.35. The highest BCUT2D eigenvalue weighted by Crippen LogP contribution is 2.26. The van der Waals surface area contributed by atoms with Gasteiger partial charge in [-0.25, -0.2) is 4.79 Å². The maximum Gasteiger partial charge on any atom is 0.321 e. The molecule has 1 aromatic rings. The monoisotopic (exact) mass is 360 g/mol. The van der Waals surface area contributed by atoms with Crippen molar-refractivity contribution in [2.45, 2.75) is 12.8 Å². The summed E-state index contributed by atoms with van der Waals surface area (Å²) in [5.41, 5.74) is 0.503. The Labute approximate surface area is 130 Å². The number of halogens is 2. The van der Waals surface area contributed by atoms with Crippen LogP contribution in [0.25, 0.3) is 0 Å². The minimum Gasteiger partial charge on any atom is -0.481 e. The largest absolute Gasteiger partial charge is 0.481 e. The molecule has 0 bridgehead atoms. The molecule has 20 heavy (non-hydrogen) atoms. The molecule has 1 saturated heterocycles. The lowest BCUT2D eigenvalue weighted by molar-refractivity contribution is -0.143. The molecule has 1 aromatic carbocycles. The highest BCUT2D eigenvalue weighted by molar-refractivity contribution is 9.10. The number of carbonyl (C=O) groups is 2. The fourth-order valence-corrected chi connectivity index (χ4v) is 2.68. The molecule has 1 atom stereocenters. The van der Waals surface area contributed by atoms with Gasteiger partial charge in [0, 0.05) is 17.6 Å². The number of carboxylic acids is 1. The van der Waals surface area contributed by atoms with E-state index in [0.717, 1.165) is 4.47 Å². The molecule has 0 spiro atoms. The number of nitrogens with zero attached hydrogens (tertiary/aromatic N) is 1. The van der Waals surface area contributed by atoms with Crippen molar-refractivity contribution in [1.29, 1.82) is 0 Å². The maximum absolute atomic E-state index is 12.1. The van der Waals surface area contributed by atoms with Crippen LogP contribution in [0.4, 0.5) is 10.5 Å². The van der Waals surface area contributed by atoms with E-state index in [0.29, 0.717) is 30.1 Å². The van der Waals surface area contributed by atoms with E-state index < -0.39 is 11.9 Å². The summed E-state index contributed by atoms with van der Waals surface area (Å²) in [6.07, 6.45) is 1.30. The highest BCUT2D eigenvalue weighted by atomic mass is 79.9. The first kappa shape index (κ1) is 15.1. The molecule has 0 saturated carbocycles. The van der Waals surface area contributed by atoms with Crippen LogP contribution in [0.2, 0.25) is 5.02 Å². The lowest BCUT2D eigenvalue weighted by Crippen LogP contribution is -2.44. The number of anilines is 1. The Kier molecular flexibility index (Phi) is 4.88. The fourth-order valence-electron chi connectivity index (χ4n) is 2.15. The average Bonchev–Trinajstić information content (AvgIpc) is 2.43.